The molecule has 1 nitrogen and oxygen atoms in total. The van der Waals surface area contributed by atoms with Gasteiger partial charge in [-0.15, -0.1) is 12.4 Å². The fraction of sp³-hybridized carbons (Fsp3) is 1.00. The molecule has 8 heavy (non-hydrogen) atoms. The molecule has 50 valence electrons. The van der Waals surface area contributed by atoms with Crippen molar-refractivity contribution in [3.63, 3.8) is 0 Å². The first-order valence-electron chi connectivity index (χ1n) is 2.97. The van der Waals surface area contributed by atoms with Gasteiger partial charge in [-0.25, -0.2) is 0 Å². The highest BCUT2D eigenvalue weighted by atomic mass is 35.5. The van der Waals surface area contributed by atoms with E-state index in [0.717, 1.165) is 0 Å². The van der Waals surface area contributed by atoms with Crippen LogP contribution < -0.4 is 6.15 Å². The fourth-order valence-corrected chi connectivity index (χ4v) is 1.56. The molecule has 0 aromatic heterocycles. The van der Waals surface area contributed by atoms with Crippen LogP contribution in [0.1, 0.15) is 25.7 Å². The van der Waals surface area contributed by atoms with Crippen LogP contribution in [-0.4, -0.2) is 0 Å². The van der Waals surface area contributed by atoms with Gasteiger partial charge in [-0.3, -0.25) is 0 Å². The molecule has 2 heteroatoms. The van der Waals surface area contributed by atoms with Crippen LogP contribution in [0.2, 0.25) is 0 Å². The minimum absolute atomic E-state index is 0. The monoisotopic (exact) mass is 135 g/mol. The average Bonchev–Trinajstić information content (AvgIpc) is 1.54. The Labute approximate surface area is 56.8 Å². The van der Waals surface area contributed by atoms with E-state index in [2.05, 4.69) is 0 Å². The summed E-state index contributed by atoms with van der Waals surface area (Å²) in [7, 11) is 0. The molecule has 0 aromatic carbocycles. The summed E-state index contributed by atoms with van der Waals surface area (Å²) in [4.78, 5) is 0. The van der Waals surface area contributed by atoms with Gasteiger partial charge in [0, 0.05) is 0 Å². The van der Waals surface area contributed by atoms with Crippen molar-refractivity contribution in [2.24, 2.45) is 11.8 Å². The lowest BCUT2D eigenvalue weighted by atomic mass is 9.60. The molecular weight excluding hydrogens is 122 g/mol. The van der Waals surface area contributed by atoms with Gasteiger partial charge in [0.1, 0.15) is 0 Å². The molecule has 0 radical (unpaired) electrons. The molecule has 0 spiro atoms. The maximum absolute atomic E-state index is 1.56. The van der Waals surface area contributed by atoms with Gasteiger partial charge >= 0.3 is 0 Å². The standard InChI is InChI=1S/C6H10.ClH.H3N/c1-2-6-4-3-5(1)6;;/h5-6H,1-4H2;1H;1H3. The third-order valence-corrected chi connectivity index (χ3v) is 2.48. The number of rotatable bonds is 0. The molecule has 0 heterocycles. The summed E-state index contributed by atoms with van der Waals surface area (Å²) in [5, 5.41) is 0. The lowest BCUT2D eigenvalue weighted by Crippen LogP contribution is -2.34. The first-order chi connectivity index (χ1) is 2.97. The van der Waals surface area contributed by atoms with Crippen LogP contribution >= 0.6 is 12.4 Å². The van der Waals surface area contributed by atoms with Crippen LogP contribution in [0, 0.1) is 11.8 Å². The van der Waals surface area contributed by atoms with Gasteiger partial charge in [0.2, 0.25) is 0 Å². The second-order valence-corrected chi connectivity index (χ2v) is 2.67. The van der Waals surface area contributed by atoms with Gasteiger partial charge in [0.05, 0.1) is 0 Å². The minimum Gasteiger partial charge on any atom is -0.344 e. The molecule has 0 saturated heterocycles. The third kappa shape index (κ3) is 0.848. The van der Waals surface area contributed by atoms with Gasteiger partial charge < -0.3 is 6.15 Å². The molecule has 3 N–H and O–H groups in total. The topological polar surface area (TPSA) is 35.0 Å². The molecule has 2 rings (SSSR count). The molecule has 0 bridgehead atoms. The first-order valence-corrected chi connectivity index (χ1v) is 2.97. The van der Waals surface area contributed by atoms with Crippen LogP contribution in [0.4, 0.5) is 0 Å². The number of halogens is 1. The molecule has 0 unspecified atom stereocenters. The summed E-state index contributed by atoms with van der Waals surface area (Å²) in [6.45, 7) is 0. The van der Waals surface area contributed by atoms with Crippen LogP contribution in [0.25, 0.3) is 0 Å². The van der Waals surface area contributed by atoms with Gasteiger partial charge in [0.25, 0.3) is 0 Å². The summed E-state index contributed by atoms with van der Waals surface area (Å²) in [6.07, 6.45) is 6.24. The predicted octanol–water partition coefficient (Wildman–Crippen LogP) is 2.39. The Kier molecular flexibility index (Phi) is 2.78. The van der Waals surface area contributed by atoms with Crippen molar-refractivity contribution in [3.05, 3.63) is 0 Å². The van der Waals surface area contributed by atoms with Gasteiger partial charge in [-0.1, -0.05) is 0 Å². The van der Waals surface area contributed by atoms with E-state index in [-0.39, 0.29) is 18.6 Å². The van der Waals surface area contributed by atoms with E-state index < -0.39 is 0 Å². The molecule has 0 atom stereocenters. The van der Waals surface area contributed by atoms with Gasteiger partial charge in [-0.05, 0) is 37.5 Å². The number of fused-ring (bicyclic) bond motifs is 1. The highest BCUT2D eigenvalue weighted by molar-refractivity contribution is 5.85. The Bertz CT molecular complexity index is 56.9. The average molecular weight is 136 g/mol. The normalized spacial score (nSPS) is 39.0. The summed E-state index contributed by atoms with van der Waals surface area (Å²) >= 11 is 0. The Hall–Kier alpha value is 0.250. The zero-order valence-electron chi connectivity index (χ0n) is 5.10. The molecule has 2 aliphatic rings. The van der Waals surface area contributed by atoms with Gasteiger partial charge in [0.15, 0.2) is 0 Å². The van der Waals surface area contributed by atoms with Crippen LogP contribution in [-0.2, 0) is 0 Å². The second kappa shape index (κ2) is 2.70. The number of hydrogen-bond donors (Lipinski definition) is 1. The van der Waals surface area contributed by atoms with E-state index in [0.29, 0.717) is 0 Å². The molecule has 2 fully saturated rings. The Balaban J connectivity index is 0.000000245. The molecule has 2 saturated carbocycles. The van der Waals surface area contributed by atoms with Crippen molar-refractivity contribution < 1.29 is 0 Å². The van der Waals surface area contributed by atoms with E-state index in [4.69, 9.17) is 0 Å². The van der Waals surface area contributed by atoms with E-state index in [9.17, 15) is 0 Å². The SMILES string of the molecule is C1CC2CCC12.Cl.N. The smallest absolute Gasteiger partial charge is 0.0386 e. The summed E-state index contributed by atoms with van der Waals surface area (Å²) in [5.41, 5.74) is 0. The van der Waals surface area contributed by atoms with Crippen molar-refractivity contribution >= 4 is 12.4 Å². The van der Waals surface area contributed by atoms with E-state index >= 15 is 0 Å². The highest BCUT2D eigenvalue weighted by Gasteiger charge is 2.37. The largest absolute Gasteiger partial charge is 0.344 e. The highest BCUT2D eigenvalue weighted by Crippen LogP contribution is 2.49. The Morgan fingerprint density at radius 2 is 1.00 bits per heavy atom. The van der Waals surface area contributed by atoms with Gasteiger partial charge in [-0.2, -0.15) is 0 Å². The minimum atomic E-state index is 0. The molecule has 0 aromatic rings. The van der Waals surface area contributed by atoms with Crippen molar-refractivity contribution in [3.8, 4) is 0 Å². The van der Waals surface area contributed by atoms with E-state index in [1.54, 1.807) is 25.7 Å². The maximum atomic E-state index is 1.56. The van der Waals surface area contributed by atoms with Crippen LogP contribution in [0.5, 0.6) is 0 Å². The summed E-state index contributed by atoms with van der Waals surface area (Å²) < 4.78 is 0. The predicted molar refractivity (Wildman–Crippen MR) is 37.7 cm³/mol. The summed E-state index contributed by atoms with van der Waals surface area (Å²) in [6, 6.07) is 0. The van der Waals surface area contributed by atoms with Crippen molar-refractivity contribution in [2.45, 2.75) is 25.7 Å². The number of hydrogen-bond acceptors (Lipinski definition) is 1. The molecular formula is C6H14ClN. The van der Waals surface area contributed by atoms with Crippen molar-refractivity contribution in [2.75, 3.05) is 0 Å². The van der Waals surface area contributed by atoms with Crippen molar-refractivity contribution in [1.82, 2.24) is 6.15 Å². The third-order valence-electron chi connectivity index (χ3n) is 2.48. The quantitative estimate of drug-likeness (QED) is 0.544. The second-order valence-electron chi connectivity index (χ2n) is 2.67. The fourth-order valence-electron chi connectivity index (χ4n) is 1.56. The molecule has 2 aliphatic carbocycles. The van der Waals surface area contributed by atoms with Crippen molar-refractivity contribution in [1.29, 1.82) is 0 Å². The van der Waals surface area contributed by atoms with Crippen LogP contribution in [0.15, 0.2) is 0 Å². The molecule has 0 aliphatic heterocycles. The van der Waals surface area contributed by atoms with E-state index in [1.807, 2.05) is 0 Å². The summed E-state index contributed by atoms with van der Waals surface area (Å²) in [5.74, 6) is 2.43. The van der Waals surface area contributed by atoms with Crippen LogP contribution in [0.3, 0.4) is 0 Å². The zero-order chi connectivity index (χ0) is 3.98. The Morgan fingerprint density at radius 1 is 0.750 bits per heavy atom. The Morgan fingerprint density at radius 3 is 1.00 bits per heavy atom. The zero-order valence-corrected chi connectivity index (χ0v) is 5.91. The maximum Gasteiger partial charge on any atom is -0.0386 e. The first kappa shape index (κ1) is 8.25. The lowest BCUT2D eigenvalue weighted by molar-refractivity contribution is 0.0548. The van der Waals surface area contributed by atoms with E-state index in [1.165, 1.54) is 11.8 Å². The lowest BCUT2D eigenvalue weighted by Gasteiger charge is -2.46. The molecule has 0 amide bonds.